The van der Waals surface area contributed by atoms with Crippen molar-refractivity contribution in [1.29, 1.82) is 0 Å². The van der Waals surface area contributed by atoms with Crippen molar-refractivity contribution in [3.05, 3.63) is 75.4 Å². The second kappa shape index (κ2) is 8.45. The lowest BCUT2D eigenvalue weighted by Gasteiger charge is -2.09. The number of hydrogen-bond donors (Lipinski definition) is 4. The van der Waals surface area contributed by atoms with E-state index >= 15 is 0 Å². The molecule has 4 aromatic rings. The van der Waals surface area contributed by atoms with Crippen molar-refractivity contribution in [3.8, 4) is 0 Å². The van der Waals surface area contributed by atoms with Crippen LogP contribution in [0.5, 0.6) is 0 Å². The molecule has 1 aromatic carbocycles. The van der Waals surface area contributed by atoms with Gasteiger partial charge in [-0.05, 0) is 25.5 Å². The van der Waals surface area contributed by atoms with Crippen molar-refractivity contribution < 1.29 is 4.92 Å². The van der Waals surface area contributed by atoms with Gasteiger partial charge in [0.05, 0.1) is 4.92 Å². The number of aromatic amines is 2. The lowest BCUT2D eigenvalue weighted by Crippen LogP contribution is -2.08. The third-order valence-corrected chi connectivity index (χ3v) is 4.21. The highest BCUT2D eigenvalue weighted by Crippen LogP contribution is 2.33. The Morgan fingerprint density at radius 3 is 1.90 bits per heavy atom. The van der Waals surface area contributed by atoms with E-state index in [-0.39, 0.29) is 23.1 Å². The summed E-state index contributed by atoms with van der Waals surface area (Å²) >= 11 is 0. The van der Waals surface area contributed by atoms with Gasteiger partial charge in [0.2, 0.25) is 11.6 Å². The highest BCUT2D eigenvalue weighted by molar-refractivity contribution is 5.78. The fraction of sp³-hybridized carbons (Fsp3) is 0.100. The van der Waals surface area contributed by atoms with E-state index in [1.165, 1.54) is 0 Å². The minimum Gasteiger partial charge on any atom is -0.317 e. The van der Waals surface area contributed by atoms with E-state index in [2.05, 4.69) is 41.0 Å². The van der Waals surface area contributed by atoms with Crippen LogP contribution in [0, 0.1) is 24.0 Å². The largest absolute Gasteiger partial charge is 0.354 e. The van der Waals surface area contributed by atoms with Crippen molar-refractivity contribution in [2.75, 3.05) is 10.6 Å². The molecule has 0 aliphatic rings. The molecular formula is C20H19N9O2. The smallest absolute Gasteiger partial charge is 0.317 e. The minimum absolute atomic E-state index is 0.00830. The molecule has 3 aromatic heterocycles. The first kappa shape index (κ1) is 19.8. The van der Waals surface area contributed by atoms with Crippen LogP contribution >= 0.6 is 0 Å². The van der Waals surface area contributed by atoms with Crippen molar-refractivity contribution in [3.63, 3.8) is 0 Å². The Hall–Kier alpha value is -4.54. The minimum atomic E-state index is -0.547. The summed E-state index contributed by atoms with van der Waals surface area (Å²) in [4.78, 5) is 20.0. The van der Waals surface area contributed by atoms with Crippen LogP contribution in [0.1, 0.15) is 22.8 Å². The van der Waals surface area contributed by atoms with E-state index in [4.69, 9.17) is 0 Å². The summed E-state index contributed by atoms with van der Waals surface area (Å²) in [5.41, 5.74) is 2.22. The highest BCUT2D eigenvalue weighted by atomic mass is 16.6. The van der Waals surface area contributed by atoms with Gasteiger partial charge in [-0.2, -0.15) is 10.2 Å². The molecule has 0 radical (unpaired) electrons. The van der Waals surface area contributed by atoms with Crippen LogP contribution < -0.4 is 10.6 Å². The van der Waals surface area contributed by atoms with Gasteiger partial charge in [0.25, 0.3) is 0 Å². The third kappa shape index (κ3) is 4.72. The van der Waals surface area contributed by atoms with E-state index in [0.717, 1.165) is 17.0 Å². The molecule has 3 heterocycles. The number of nitrogens with one attached hydrogen (secondary N) is 4. The van der Waals surface area contributed by atoms with Crippen LogP contribution in [-0.4, -0.2) is 35.3 Å². The maximum absolute atomic E-state index is 11.9. The summed E-state index contributed by atoms with van der Waals surface area (Å²) < 4.78 is 0. The van der Waals surface area contributed by atoms with Gasteiger partial charge in [-0.3, -0.25) is 20.3 Å². The standard InChI is InChI=1S/C20H19N9O2/c1-12-10-16(27-25-12)23-19-18(29(30)31)20(24-17-11-13(2)26-28-17)22-15(21-19)9-8-14-6-4-3-5-7-14/h3-11H,1-2H3,(H4,21,22,23,24,25,26,27,28)/b9-8+. The number of hydrogen-bond acceptors (Lipinski definition) is 8. The summed E-state index contributed by atoms with van der Waals surface area (Å²) in [6.07, 6.45) is 3.51. The number of benzene rings is 1. The van der Waals surface area contributed by atoms with E-state index in [0.29, 0.717) is 11.6 Å². The van der Waals surface area contributed by atoms with Gasteiger partial charge in [-0.25, -0.2) is 9.97 Å². The maximum Gasteiger partial charge on any atom is 0.354 e. The molecule has 0 saturated heterocycles. The fourth-order valence-electron chi connectivity index (χ4n) is 2.84. The zero-order valence-corrected chi connectivity index (χ0v) is 16.7. The SMILES string of the molecule is Cc1cc(Nc2nc(/C=C/c3ccccc3)nc(Nc3cc(C)[nH]n3)c2[N+](=O)[O-])n[nH]1. The van der Waals surface area contributed by atoms with Crippen LogP contribution in [-0.2, 0) is 0 Å². The monoisotopic (exact) mass is 417 g/mol. The number of rotatable bonds is 7. The topological polar surface area (TPSA) is 150 Å². The van der Waals surface area contributed by atoms with Crippen molar-refractivity contribution in [1.82, 2.24) is 30.4 Å². The molecule has 0 aliphatic carbocycles. The van der Waals surface area contributed by atoms with Crippen molar-refractivity contribution >= 4 is 41.1 Å². The average molecular weight is 417 g/mol. The molecule has 0 aliphatic heterocycles. The van der Waals surface area contributed by atoms with E-state index < -0.39 is 4.92 Å². The van der Waals surface area contributed by atoms with Crippen LogP contribution in [0.4, 0.5) is 29.0 Å². The number of H-pyrrole nitrogens is 2. The molecule has 0 amide bonds. The van der Waals surface area contributed by atoms with E-state index in [9.17, 15) is 10.1 Å². The summed E-state index contributed by atoms with van der Waals surface area (Å²) in [6, 6.07) is 13.0. The third-order valence-electron chi connectivity index (χ3n) is 4.21. The number of aromatic nitrogens is 6. The first-order valence-corrected chi connectivity index (χ1v) is 9.35. The Bertz CT molecular complexity index is 1180. The molecule has 0 fully saturated rings. The quantitative estimate of drug-likeness (QED) is 0.259. The van der Waals surface area contributed by atoms with Gasteiger partial charge in [0.1, 0.15) is 0 Å². The maximum atomic E-state index is 11.9. The molecule has 0 bridgehead atoms. The predicted molar refractivity (Wildman–Crippen MR) is 117 cm³/mol. The summed E-state index contributed by atoms with van der Waals surface area (Å²) in [5.74, 6) is 1.10. The molecule has 4 N–H and O–H groups in total. The predicted octanol–water partition coefficient (Wildman–Crippen LogP) is 4.11. The van der Waals surface area contributed by atoms with E-state index in [1.807, 2.05) is 50.3 Å². The lowest BCUT2D eigenvalue weighted by atomic mass is 10.2. The Kier molecular flexibility index (Phi) is 5.39. The molecule has 4 rings (SSSR count). The van der Waals surface area contributed by atoms with Gasteiger partial charge in [0, 0.05) is 23.5 Å². The molecule has 0 saturated carbocycles. The van der Waals surface area contributed by atoms with Crippen LogP contribution in [0.15, 0.2) is 42.5 Å². The van der Waals surface area contributed by atoms with Crippen LogP contribution in [0.25, 0.3) is 12.2 Å². The Morgan fingerprint density at radius 1 is 0.903 bits per heavy atom. The fourth-order valence-corrected chi connectivity index (χ4v) is 2.84. The zero-order valence-electron chi connectivity index (χ0n) is 16.7. The van der Waals surface area contributed by atoms with E-state index in [1.54, 1.807) is 18.2 Å². The molecular weight excluding hydrogens is 398 g/mol. The van der Waals surface area contributed by atoms with Crippen LogP contribution in [0.3, 0.4) is 0 Å². The summed E-state index contributed by atoms with van der Waals surface area (Å²) in [5, 5.41) is 31.4. The molecule has 0 unspecified atom stereocenters. The second-order valence-corrected chi connectivity index (χ2v) is 6.75. The molecule has 11 nitrogen and oxygen atoms in total. The van der Waals surface area contributed by atoms with Crippen molar-refractivity contribution in [2.45, 2.75) is 13.8 Å². The highest BCUT2D eigenvalue weighted by Gasteiger charge is 2.26. The number of anilines is 4. The lowest BCUT2D eigenvalue weighted by molar-refractivity contribution is -0.383. The van der Waals surface area contributed by atoms with Gasteiger partial charge < -0.3 is 10.6 Å². The number of nitrogens with zero attached hydrogens (tertiary/aromatic N) is 5. The normalized spacial score (nSPS) is 11.0. The Balaban J connectivity index is 1.78. The zero-order chi connectivity index (χ0) is 21.8. The number of nitro groups is 1. The first-order valence-electron chi connectivity index (χ1n) is 9.35. The summed E-state index contributed by atoms with van der Waals surface area (Å²) in [6.45, 7) is 3.65. The molecule has 0 spiro atoms. The summed E-state index contributed by atoms with van der Waals surface area (Å²) in [7, 11) is 0. The van der Waals surface area contributed by atoms with Crippen molar-refractivity contribution in [2.24, 2.45) is 0 Å². The van der Waals surface area contributed by atoms with Crippen LogP contribution in [0.2, 0.25) is 0 Å². The molecule has 31 heavy (non-hydrogen) atoms. The van der Waals surface area contributed by atoms with Gasteiger partial charge in [-0.1, -0.05) is 36.4 Å². The van der Waals surface area contributed by atoms with Gasteiger partial charge in [-0.15, -0.1) is 0 Å². The first-order chi connectivity index (χ1) is 15.0. The Morgan fingerprint density at radius 2 is 1.45 bits per heavy atom. The molecule has 11 heteroatoms. The number of aryl methyl sites for hydroxylation is 2. The van der Waals surface area contributed by atoms with Gasteiger partial charge in [0.15, 0.2) is 17.5 Å². The Labute approximate surface area is 176 Å². The molecule has 156 valence electrons. The second-order valence-electron chi connectivity index (χ2n) is 6.75. The van der Waals surface area contributed by atoms with Gasteiger partial charge >= 0.3 is 5.69 Å². The molecule has 0 atom stereocenters. The average Bonchev–Trinajstić information content (AvgIpc) is 3.34.